The molecule has 1 aliphatic rings. The van der Waals surface area contributed by atoms with E-state index in [1.807, 2.05) is 59.2 Å². The zero-order chi connectivity index (χ0) is 25.3. The molecule has 0 atom stereocenters. The predicted molar refractivity (Wildman–Crippen MR) is 142 cm³/mol. The average molecular weight is 528 g/mol. The first-order chi connectivity index (χ1) is 17.6. The quantitative estimate of drug-likeness (QED) is 0.399. The minimum atomic E-state index is -0.0213. The Kier molecular flexibility index (Phi) is 10.5. The molecule has 0 spiro atoms. The van der Waals surface area contributed by atoms with Gasteiger partial charge in [-0.1, -0.05) is 47.6 Å². The number of aryl methyl sites for hydroxylation is 1. The number of halogens is 1. The molecule has 4 rings (SSSR count). The maximum Gasteiger partial charge on any atom is 0.257 e. The molecule has 2 heterocycles. The van der Waals surface area contributed by atoms with Crippen molar-refractivity contribution in [1.82, 2.24) is 24.8 Å². The van der Waals surface area contributed by atoms with Crippen LogP contribution in [0.4, 0.5) is 0 Å². The molecule has 0 unspecified atom stereocenters. The number of para-hydroxylation sites is 1. The van der Waals surface area contributed by atoms with E-state index in [-0.39, 0.29) is 24.2 Å². The fourth-order valence-electron chi connectivity index (χ4n) is 4.31. The number of carbonyl (C=O) groups is 2. The molecule has 0 saturated carbocycles. The summed E-state index contributed by atoms with van der Waals surface area (Å²) < 4.78 is 10.7. The highest BCUT2D eigenvalue weighted by atomic mass is 35.5. The van der Waals surface area contributed by atoms with Gasteiger partial charge in [0, 0.05) is 52.1 Å². The van der Waals surface area contributed by atoms with Crippen molar-refractivity contribution in [1.29, 1.82) is 0 Å². The molecule has 9 nitrogen and oxygen atoms in total. The summed E-state index contributed by atoms with van der Waals surface area (Å²) in [5, 5.41) is 4.10. The summed E-state index contributed by atoms with van der Waals surface area (Å²) in [5.74, 6) is 1.70. The zero-order valence-corrected chi connectivity index (χ0v) is 22.2. The number of benzene rings is 2. The van der Waals surface area contributed by atoms with Crippen molar-refractivity contribution in [3.63, 3.8) is 0 Å². The lowest BCUT2D eigenvalue weighted by Crippen LogP contribution is -2.48. The molecule has 37 heavy (non-hydrogen) atoms. The van der Waals surface area contributed by atoms with Gasteiger partial charge in [0.15, 0.2) is 5.82 Å². The van der Waals surface area contributed by atoms with E-state index >= 15 is 0 Å². The van der Waals surface area contributed by atoms with Crippen LogP contribution in [0.3, 0.4) is 0 Å². The molecule has 198 valence electrons. The molecule has 2 aromatic carbocycles. The largest absolute Gasteiger partial charge is 0.496 e. The van der Waals surface area contributed by atoms with Crippen molar-refractivity contribution in [3.05, 3.63) is 77.4 Å². The average Bonchev–Trinajstić information content (AvgIpc) is 3.38. The van der Waals surface area contributed by atoms with Crippen molar-refractivity contribution < 1.29 is 18.8 Å². The summed E-state index contributed by atoms with van der Waals surface area (Å²) in [6.45, 7) is 6.43. The SMILES string of the molecule is CCN(Cc1ccccc1)C(=O)CCc1nc(CN2CCN(C(=O)c3ccccc3OC)CC2)no1.Cl. The van der Waals surface area contributed by atoms with E-state index in [0.29, 0.717) is 81.7 Å². The number of piperazine rings is 1. The van der Waals surface area contributed by atoms with E-state index in [0.717, 1.165) is 5.56 Å². The third-order valence-corrected chi connectivity index (χ3v) is 6.38. The minimum absolute atomic E-state index is 0. The second-order valence-electron chi connectivity index (χ2n) is 8.77. The summed E-state index contributed by atoms with van der Waals surface area (Å²) in [5.41, 5.74) is 1.69. The maximum absolute atomic E-state index is 12.9. The fraction of sp³-hybridized carbons (Fsp3) is 0.407. The summed E-state index contributed by atoms with van der Waals surface area (Å²) in [4.78, 5) is 36.0. The molecule has 2 amide bonds. The van der Waals surface area contributed by atoms with Crippen LogP contribution in [-0.2, 0) is 24.3 Å². The lowest BCUT2D eigenvalue weighted by Gasteiger charge is -2.34. The fourth-order valence-corrected chi connectivity index (χ4v) is 4.31. The molecule has 0 bridgehead atoms. The summed E-state index contributed by atoms with van der Waals surface area (Å²) in [6, 6.07) is 17.3. The number of carbonyl (C=O) groups excluding carboxylic acids is 2. The van der Waals surface area contributed by atoms with Gasteiger partial charge in [0.25, 0.3) is 5.91 Å². The van der Waals surface area contributed by atoms with Crippen molar-refractivity contribution in [2.24, 2.45) is 0 Å². The molecule has 1 fully saturated rings. The Bertz CT molecular complexity index is 1150. The Morgan fingerprint density at radius 3 is 2.43 bits per heavy atom. The number of methoxy groups -OCH3 is 1. The lowest BCUT2D eigenvalue weighted by molar-refractivity contribution is -0.131. The monoisotopic (exact) mass is 527 g/mol. The van der Waals surface area contributed by atoms with Gasteiger partial charge >= 0.3 is 0 Å². The molecule has 1 aromatic heterocycles. The van der Waals surface area contributed by atoms with Gasteiger partial charge in [-0.2, -0.15) is 4.98 Å². The minimum Gasteiger partial charge on any atom is -0.496 e. The number of nitrogens with zero attached hydrogens (tertiary/aromatic N) is 5. The van der Waals surface area contributed by atoms with Crippen molar-refractivity contribution >= 4 is 24.2 Å². The van der Waals surface area contributed by atoms with Crippen LogP contribution in [0.5, 0.6) is 5.75 Å². The standard InChI is InChI=1S/C27H33N5O4.ClH/c1-3-31(19-21-9-5-4-6-10-21)26(33)14-13-25-28-24(29-36-25)20-30-15-17-32(18-16-30)27(34)22-11-7-8-12-23(22)35-2;/h4-12H,3,13-20H2,1-2H3;1H. The molecular weight excluding hydrogens is 494 g/mol. The molecule has 0 radical (unpaired) electrons. The second-order valence-corrected chi connectivity index (χ2v) is 8.77. The topological polar surface area (TPSA) is 92.0 Å². The molecule has 0 N–H and O–H groups in total. The van der Waals surface area contributed by atoms with E-state index in [2.05, 4.69) is 15.0 Å². The van der Waals surface area contributed by atoms with Gasteiger partial charge < -0.3 is 19.1 Å². The highest BCUT2D eigenvalue weighted by Crippen LogP contribution is 2.20. The number of hydrogen-bond donors (Lipinski definition) is 0. The first kappa shape index (κ1) is 28.1. The Morgan fingerprint density at radius 2 is 1.73 bits per heavy atom. The van der Waals surface area contributed by atoms with Crippen molar-refractivity contribution in [3.8, 4) is 5.75 Å². The summed E-state index contributed by atoms with van der Waals surface area (Å²) >= 11 is 0. The van der Waals surface area contributed by atoms with E-state index in [1.54, 1.807) is 19.2 Å². The highest BCUT2D eigenvalue weighted by molar-refractivity contribution is 5.97. The maximum atomic E-state index is 12.9. The van der Waals surface area contributed by atoms with Crippen LogP contribution < -0.4 is 4.74 Å². The number of aromatic nitrogens is 2. The van der Waals surface area contributed by atoms with E-state index in [1.165, 1.54) is 0 Å². The van der Waals surface area contributed by atoms with Crippen molar-refractivity contribution in [2.45, 2.75) is 32.9 Å². The van der Waals surface area contributed by atoms with Gasteiger partial charge in [-0.15, -0.1) is 12.4 Å². The molecule has 10 heteroatoms. The molecular formula is C27H34ClN5O4. The van der Waals surface area contributed by atoms with Crippen LogP contribution in [0.2, 0.25) is 0 Å². The number of hydrogen-bond acceptors (Lipinski definition) is 7. The zero-order valence-electron chi connectivity index (χ0n) is 21.3. The lowest BCUT2D eigenvalue weighted by atomic mass is 10.1. The van der Waals surface area contributed by atoms with E-state index in [4.69, 9.17) is 9.26 Å². The summed E-state index contributed by atoms with van der Waals surface area (Å²) in [7, 11) is 1.57. The van der Waals surface area contributed by atoms with Gasteiger partial charge in [-0.25, -0.2) is 0 Å². The van der Waals surface area contributed by atoms with Crippen molar-refractivity contribution in [2.75, 3.05) is 39.8 Å². The van der Waals surface area contributed by atoms with Crippen LogP contribution in [0.1, 0.15) is 41.0 Å². The van der Waals surface area contributed by atoms with E-state index in [9.17, 15) is 9.59 Å². The third kappa shape index (κ3) is 7.53. The molecule has 1 saturated heterocycles. The Morgan fingerprint density at radius 1 is 1.03 bits per heavy atom. The highest BCUT2D eigenvalue weighted by Gasteiger charge is 2.25. The smallest absolute Gasteiger partial charge is 0.257 e. The first-order valence-electron chi connectivity index (χ1n) is 12.3. The van der Waals surface area contributed by atoms with E-state index < -0.39 is 0 Å². The number of amides is 2. The molecule has 3 aromatic rings. The Hall–Kier alpha value is -3.43. The first-order valence-corrected chi connectivity index (χ1v) is 12.3. The van der Waals surface area contributed by atoms with Gasteiger partial charge in [-0.3, -0.25) is 14.5 Å². The normalized spacial score (nSPS) is 13.6. The molecule has 0 aliphatic carbocycles. The van der Waals surface area contributed by atoms with Crippen LogP contribution in [-0.4, -0.2) is 76.5 Å². The predicted octanol–water partition coefficient (Wildman–Crippen LogP) is 3.44. The second kappa shape index (κ2) is 13.8. The number of rotatable bonds is 10. The molecule has 1 aliphatic heterocycles. The van der Waals surface area contributed by atoms with Gasteiger partial charge in [0.2, 0.25) is 11.8 Å². The van der Waals surface area contributed by atoms with Crippen LogP contribution in [0, 0.1) is 0 Å². The third-order valence-electron chi connectivity index (χ3n) is 6.38. The summed E-state index contributed by atoms with van der Waals surface area (Å²) in [6.07, 6.45) is 0.740. The Balaban J connectivity index is 0.00000380. The van der Waals surface area contributed by atoms with Gasteiger partial charge in [-0.05, 0) is 24.6 Å². The number of ether oxygens (including phenoxy) is 1. The van der Waals surface area contributed by atoms with Gasteiger partial charge in [0.05, 0.1) is 19.2 Å². The van der Waals surface area contributed by atoms with Crippen LogP contribution in [0.15, 0.2) is 59.1 Å². The Labute approximate surface area is 223 Å². The van der Waals surface area contributed by atoms with Crippen LogP contribution >= 0.6 is 12.4 Å². The van der Waals surface area contributed by atoms with Crippen LogP contribution in [0.25, 0.3) is 0 Å². The van der Waals surface area contributed by atoms with Gasteiger partial charge in [0.1, 0.15) is 5.75 Å².